The number of rotatable bonds is 13. The van der Waals surface area contributed by atoms with Gasteiger partial charge in [-0.05, 0) is 103 Å². The van der Waals surface area contributed by atoms with Gasteiger partial charge in [-0.1, -0.05) is 72.8 Å². The summed E-state index contributed by atoms with van der Waals surface area (Å²) in [5.74, 6) is -0.667. The Bertz CT molecular complexity index is 1580. The molecule has 4 aliphatic heterocycles. The van der Waals surface area contributed by atoms with Crippen LogP contribution in [-0.2, 0) is 56.3 Å². The van der Waals surface area contributed by atoms with Gasteiger partial charge in [0.1, 0.15) is 36.8 Å². The van der Waals surface area contributed by atoms with Gasteiger partial charge < -0.3 is 61.5 Å². The van der Waals surface area contributed by atoms with E-state index < -0.39 is 89.7 Å². The van der Waals surface area contributed by atoms with Gasteiger partial charge >= 0.3 is 5.97 Å². The van der Waals surface area contributed by atoms with Crippen molar-refractivity contribution in [1.82, 2.24) is 4.90 Å². The fraction of sp³-hybridized carbons (Fsp3) is 0.900. The highest BCUT2D eigenvalue weighted by Gasteiger charge is 2.54. The van der Waals surface area contributed by atoms with Crippen LogP contribution in [0, 0.1) is 11.8 Å². The topological polar surface area (TPSA) is 142 Å². The third-order valence-corrected chi connectivity index (χ3v) is 24.4. The predicted molar refractivity (Wildman–Crippen MR) is 262 cm³/mol. The average molecular weight is 972 g/mol. The summed E-state index contributed by atoms with van der Waals surface area (Å²) in [5, 5.41) is 12.4. The molecule has 0 aliphatic carbocycles. The molecule has 1 N–H and O–H groups in total. The molecule has 0 aromatic carbocycles. The van der Waals surface area contributed by atoms with Crippen molar-refractivity contribution >= 4 is 22.6 Å². The lowest BCUT2D eigenvalue weighted by atomic mass is 9.83. The number of carbonyl (C=O) groups is 1. The van der Waals surface area contributed by atoms with Crippen molar-refractivity contribution in [1.29, 1.82) is 0 Å². The first-order chi connectivity index (χ1) is 30.5. The Morgan fingerprint density at radius 2 is 1.47 bits per heavy atom. The summed E-state index contributed by atoms with van der Waals surface area (Å²) in [6.07, 6.45) is 1.94. The third-order valence-electron chi connectivity index (χ3n) is 15.4. The zero-order valence-corrected chi connectivity index (χ0v) is 46.6. The summed E-state index contributed by atoms with van der Waals surface area (Å²) in [6.45, 7) is 34.9. The molecule has 4 aliphatic rings. The van der Waals surface area contributed by atoms with Crippen LogP contribution in [0.4, 0.5) is 0 Å². The molecule has 2 bridgehead atoms. The number of carbonyl (C=O) groups excluding carboxylic acids is 1. The van der Waals surface area contributed by atoms with Gasteiger partial charge in [0.2, 0.25) is 0 Å². The molecule has 14 nitrogen and oxygen atoms in total. The lowest BCUT2D eigenvalue weighted by Gasteiger charge is -2.51. The normalized spacial score (nSPS) is 40.5. The van der Waals surface area contributed by atoms with Crippen molar-refractivity contribution in [3.8, 4) is 0 Å². The Hall–Kier alpha value is -1.10. The predicted octanol–water partition coefficient (Wildman–Crippen LogP) is 8.76. The maximum atomic E-state index is 13.9. The molecular weight excluding hydrogens is 879 g/mol. The molecule has 0 aromatic heterocycles. The Morgan fingerprint density at radius 1 is 0.833 bits per heavy atom. The number of hydrogen-bond acceptors (Lipinski definition) is 14. The molecule has 0 saturated carbocycles. The number of aliphatic hydroxyl groups excluding tert-OH is 1. The van der Waals surface area contributed by atoms with Crippen LogP contribution in [0.1, 0.15) is 115 Å². The molecule has 1 unspecified atom stereocenters. The van der Waals surface area contributed by atoms with Gasteiger partial charge in [0.15, 0.2) is 29.2 Å². The monoisotopic (exact) mass is 972 g/mol. The van der Waals surface area contributed by atoms with Crippen LogP contribution in [0.5, 0.6) is 0 Å². The van der Waals surface area contributed by atoms with E-state index in [0.29, 0.717) is 32.3 Å². The lowest BCUT2D eigenvalue weighted by molar-refractivity contribution is -0.346. The van der Waals surface area contributed by atoms with Crippen LogP contribution in [0.25, 0.3) is 0 Å². The standard InChI is InChI=1S/C50H93NO13Si2/c1-21-56-46-34(5)58-40(30-50(46,12)55-16)61-43-33(4)59-47(42(53)41(43)51(13)14)62-44-35-27-31(2)36(63-65(17,18)48(6,7)8)26-24-22-23-25-32(3)57-38(52)29-37(45(44)54-15)60-39(28-35)64-66(19,20)49(9,10)11/h22-24,26,31-37,39-47,53H,21,25,27-30H2,1-20H3/b23-22+,26-24+/t31-,32-,33+,34-,35-,36+,37-,39?,40-,41+,42+,43+,44+,45+,46-,47-,50+/m1/s1. The highest BCUT2D eigenvalue weighted by molar-refractivity contribution is 6.74. The van der Waals surface area contributed by atoms with Crippen LogP contribution >= 0.6 is 0 Å². The summed E-state index contributed by atoms with van der Waals surface area (Å²) >= 11 is 0. The molecule has 3 saturated heterocycles. The van der Waals surface area contributed by atoms with E-state index in [1.165, 1.54) is 0 Å². The summed E-state index contributed by atoms with van der Waals surface area (Å²) in [5.41, 5.74) is -0.663. The number of aliphatic hydroxyl groups is 1. The van der Waals surface area contributed by atoms with E-state index >= 15 is 0 Å². The van der Waals surface area contributed by atoms with Crippen LogP contribution in [0.15, 0.2) is 24.3 Å². The Morgan fingerprint density at radius 3 is 2.05 bits per heavy atom. The minimum absolute atomic E-state index is 0.000617. The van der Waals surface area contributed by atoms with Crippen molar-refractivity contribution in [2.24, 2.45) is 11.8 Å². The van der Waals surface area contributed by atoms with Crippen LogP contribution in [-0.4, -0.2) is 159 Å². The van der Waals surface area contributed by atoms with Crippen LogP contribution in [0.2, 0.25) is 36.3 Å². The molecule has 0 aromatic rings. The van der Waals surface area contributed by atoms with Crippen molar-refractivity contribution in [2.45, 2.75) is 243 Å². The number of allylic oxidation sites excluding steroid dienone is 2. The molecule has 4 heterocycles. The molecule has 384 valence electrons. The van der Waals surface area contributed by atoms with Crippen LogP contribution in [0.3, 0.4) is 0 Å². The van der Waals surface area contributed by atoms with Gasteiger partial charge in [-0.15, -0.1) is 0 Å². The van der Waals surface area contributed by atoms with Crippen molar-refractivity contribution in [3.63, 3.8) is 0 Å². The SMILES string of the molecule is CCO[C@@H]1[C@@H](C)O[C@H](O[C@@H]2[C@@H](N(C)C)[C@H](O)[C@@H](O[C@H]3[C@H]4CC(O[Si](C)(C)C(C)(C)C)O[C@H](CC(=O)O[C@H](C)C/C=C/C=C/[C@H](O[Si](C)(C)C(C)(C)C)[C@H](C)C4)[C@@H]3OC)O[C@H]2C)C[C@]1(C)OC. The second-order valence-corrected chi connectivity index (χ2v) is 32.5. The summed E-state index contributed by atoms with van der Waals surface area (Å²) in [7, 11) is 2.47. The van der Waals surface area contributed by atoms with Gasteiger partial charge in [0.25, 0.3) is 0 Å². The highest BCUT2D eigenvalue weighted by Crippen LogP contribution is 2.45. The quantitative estimate of drug-likeness (QED) is 0.139. The zero-order valence-electron chi connectivity index (χ0n) is 44.6. The molecule has 0 spiro atoms. The summed E-state index contributed by atoms with van der Waals surface area (Å²) in [6, 6.07) is -0.565. The molecule has 16 heteroatoms. The smallest absolute Gasteiger partial charge is 0.308 e. The maximum absolute atomic E-state index is 13.9. The number of nitrogens with zero attached hydrogens (tertiary/aromatic N) is 1. The Labute approximate surface area is 401 Å². The second-order valence-electron chi connectivity index (χ2n) is 23.0. The first-order valence-electron chi connectivity index (χ1n) is 24.7. The molecule has 0 radical (unpaired) electrons. The number of hydrogen-bond donors (Lipinski definition) is 1. The van der Waals surface area contributed by atoms with E-state index in [9.17, 15) is 9.90 Å². The third kappa shape index (κ3) is 14.3. The number of ether oxygens (including phenoxy) is 9. The van der Waals surface area contributed by atoms with E-state index in [1.807, 2.05) is 65.8 Å². The fourth-order valence-electron chi connectivity index (χ4n) is 9.43. The van der Waals surface area contributed by atoms with Gasteiger partial charge in [0.05, 0.1) is 48.6 Å². The van der Waals surface area contributed by atoms with E-state index in [-0.39, 0.29) is 52.7 Å². The second kappa shape index (κ2) is 23.4. The Kier molecular flexibility index (Phi) is 20.4. The first-order valence-corrected chi connectivity index (χ1v) is 30.5. The van der Waals surface area contributed by atoms with E-state index in [2.05, 4.69) is 86.8 Å². The largest absolute Gasteiger partial charge is 0.462 e. The summed E-state index contributed by atoms with van der Waals surface area (Å²) < 4.78 is 73.0. The van der Waals surface area contributed by atoms with Crippen molar-refractivity contribution < 1.29 is 61.4 Å². The number of methoxy groups -OCH3 is 2. The number of fused-ring (bicyclic) bond motifs is 3. The van der Waals surface area contributed by atoms with Gasteiger partial charge in [-0.25, -0.2) is 0 Å². The van der Waals surface area contributed by atoms with Gasteiger partial charge in [0, 0.05) is 40.1 Å². The van der Waals surface area contributed by atoms with Gasteiger partial charge in [-0.3, -0.25) is 4.79 Å². The minimum atomic E-state index is -2.42. The summed E-state index contributed by atoms with van der Waals surface area (Å²) in [4.78, 5) is 15.8. The fourth-order valence-corrected chi connectivity index (χ4v) is 11.9. The van der Waals surface area contributed by atoms with Crippen molar-refractivity contribution in [3.05, 3.63) is 24.3 Å². The highest BCUT2D eigenvalue weighted by atomic mass is 28.4. The molecule has 17 atom stereocenters. The van der Waals surface area contributed by atoms with E-state index in [0.717, 1.165) is 0 Å². The van der Waals surface area contributed by atoms with E-state index in [1.54, 1.807) is 14.2 Å². The maximum Gasteiger partial charge on any atom is 0.308 e. The molecular formula is C50H93NO13Si2. The molecule has 4 rings (SSSR count). The number of likely N-dealkylation sites (N-methyl/N-ethyl adjacent to an activating group) is 1. The minimum Gasteiger partial charge on any atom is -0.462 e. The molecule has 0 amide bonds. The Balaban J connectivity index is 1.80. The first kappa shape index (κ1) is 57.5. The molecule has 3 fully saturated rings. The van der Waals surface area contributed by atoms with E-state index in [4.69, 9.17) is 51.5 Å². The zero-order chi connectivity index (χ0) is 49.7. The van der Waals surface area contributed by atoms with Crippen LogP contribution < -0.4 is 0 Å². The lowest BCUT2D eigenvalue weighted by Crippen LogP contribution is -2.66. The average Bonchev–Trinajstić information content (AvgIpc) is 3.30. The number of esters is 1. The molecule has 66 heavy (non-hydrogen) atoms. The number of cyclic esters (lactones) is 1. The van der Waals surface area contributed by atoms with Gasteiger partial charge in [-0.2, -0.15) is 0 Å². The van der Waals surface area contributed by atoms with Crippen molar-refractivity contribution in [2.75, 3.05) is 34.9 Å².